The van der Waals surface area contributed by atoms with Gasteiger partial charge in [-0.3, -0.25) is 0 Å². The summed E-state index contributed by atoms with van der Waals surface area (Å²) in [5, 5.41) is 28.7. The number of hydrogen-bond donors (Lipinski definition) is 3. The van der Waals surface area contributed by atoms with Crippen LogP contribution in [0, 0.1) is 0 Å². The fourth-order valence-corrected chi connectivity index (χ4v) is 3.24. The highest BCUT2D eigenvalue weighted by Gasteiger charge is 2.39. The van der Waals surface area contributed by atoms with Gasteiger partial charge in [0.1, 0.15) is 0 Å². The van der Waals surface area contributed by atoms with E-state index in [1.165, 1.54) is 0 Å². The van der Waals surface area contributed by atoms with Crippen molar-refractivity contribution in [3.63, 3.8) is 0 Å². The molecule has 1 aromatic rings. The summed E-state index contributed by atoms with van der Waals surface area (Å²) in [5.74, 6) is -0.183. The van der Waals surface area contributed by atoms with Crippen LogP contribution in [-0.2, 0) is 0 Å². The minimum absolute atomic E-state index is 0.183. The zero-order valence-electron chi connectivity index (χ0n) is 17.7. The van der Waals surface area contributed by atoms with E-state index in [1.807, 2.05) is 37.8 Å². The Morgan fingerprint density at radius 2 is 1.52 bits per heavy atom. The largest absolute Gasteiger partial charge is 0.465 e. The normalized spacial score (nSPS) is 15.7. The topological polar surface area (TPSA) is 117 Å². The van der Waals surface area contributed by atoms with E-state index in [4.69, 9.17) is 0 Å². The molecule has 1 aliphatic rings. The van der Waals surface area contributed by atoms with E-state index in [9.17, 15) is 24.9 Å². The molecular weight excluding hydrogens is 376 g/mol. The first-order valence-electron chi connectivity index (χ1n) is 9.40. The molecule has 1 aliphatic heterocycles. The van der Waals surface area contributed by atoms with Gasteiger partial charge in [0.2, 0.25) is 5.96 Å². The Morgan fingerprint density at radius 3 is 1.86 bits per heavy atom. The van der Waals surface area contributed by atoms with Crippen LogP contribution in [0.5, 0.6) is 0 Å². The van der Waals surface area contributed by atoms with E-state index in [0.29, 0.717) is 18.8 Å². The van der Waals surface area contributed by atoms with Crippen molar-refractivity contribution in [2.75, 3.05) is 22.9 Å². The van der Waals surface area contributed by atoms with Crippen molar-refractivity contribution in [1.82, 2.24) is 4.90 Å². The summed E-state index contributed by atoms with van der Waals surface area (Å²) in [6, 6.07) is 7.32. The van der Waals surface area contributed by atoms with Gasteiger partial charge in [-0.25, -0.2) is 14.5 Å². The first-order valence-corrected chi connectivity index (χ1v) is 9.40. The van der Waals surface area contributed by atoms with Crippen LogP contribution in [0.15, 0.2) is 29.3 Å². The molecular formula is C20H30N4O5. The van der Waals surface area contributed by atoms with Crippen molar-refractivity contribution >= 4 is 29.5 Å². The second-order valence-electron chi connectivity index (χ2n) is 9.06. The number of carbonyl (C=O) groups is 2. The Bertz CT molecular complexity index is 787. The maximum absolute atomic E-state index is 12.0. The van der Waals surface area contributed by atoms with Gasteiger partial charge in [-0.15, -0.1) is 4.99 Å². The van der Waals surface area contributed by atoms with Gasteiger partial charge in [0.15, 0.2) is 0 Å². The molecule has 0 bridgehead atoms. The monoisotopic (exact) mass is 406 g/mol. The molecule has 3 N–H and O–H groups in total. The average molecular weight is 406 g/mol. The van der Waals surface area contributed by atoms with Gasteiger partial charge in [-0.2, -0.15) is 0 Å². The Hall–Kier alpha value is -2.81. The Morgan fingerprint density at radius 1 is 1.00 bits per heavy atom. The van der Waals surface area contributed by atoms with Crippen molar-refractivity contribution in [2.24, 2.45) is 4.99 Å². The van der Waals surface area contributed by atoms with E-state index >= 15 is 0 Å². The molecule has 9 heteroatoms. The summed E-state index contributed by atoms with van der Waals surface area (Å²) in [4.78, 5) is 31.8. The van der Waals surface area contributed by atoms with E-state index < -0.39 is 23.3 Å². The van der Waals surface area contributed by atoms with Gasteiger partial charge >= 0.3 is 12.2 Å². The van der Waals surface area contributed by atoms with Gasteiger partial charge in [0.25, 0.3) is 0 Å². The minimum Gasteiger partial charge on any atom is -0.465 e. The third kappa shape index (κ3) is 5.17. The number of carboxylic acid groups (broad SMARTS) is 2. The lowest BCUT2D eigenvalue weighted by atomic mass is 10.0. The third-order valence-corrected chi connectivity index (χ3v) is 4.46. The fourth-order valence-electron chi connectivity index (χ4n) is 3.24. The molecule has 0 atom stereocenters. The molecule has 2 rings (SSSR count). The van der Waals surface area contributed by atoms with Gasteiger partial charge < -0.3 is 25.1 Å². The number of nitrogens with zero attached hydrogens (tertiary/aromatic N) is 4. The Balaban J connectivity index is 2.55. The van der Waals surface area contributed by atoms with Crippen LogP contribution in [0.25, 0.3) is 0 Å². The number of aliphatic hydroxyl groups excluding tert-OH is 1. The molecule has 9 nitrogen and oxygen atoms in total. The second-order valence-corrected chi connectivity index (χ2v) is 9.06. The molecule has 2 amide bonds. The number of guanidine groups is 1. The molecule has 1 aromatic carbocycles. The number of rotatable bonds is 2. The van der Waals surface area contributed by atoms with E-state index in [1.54, 1.807) is 37.8 Å². The Kier molecular flexibility index (Phi) is 6.13. The summed E-state index contributed by atoms with van der Waals surface area (Å²) in [7, 11) is 0. The lowest BCUT2D eigenvalue weighted by molar-refractivity contribution is 0.138. The molecule has 0 aromatic heterocycles. The van der Waals surface area contributed by atoms with Crippen LogP contribution in [-0.4, -0.2) is 68.6 Å². The SMILES string of the molecule is CC(C)(C)N(C(=O)O)C(=NC(=O)O)N(c1ccc(N2CC(O)C2)cc1)C(C)(C)C. The van der Waals surface area contributed by atoms with Crippen LogP contribution < -0.4 is 9.80 Å². The summed E-state index contributed by atoms with van der Waals surface area (Å²) < 4.78 is 0. The summed E-state index contributed by atoms with van der Waals surface area (Å²) in [6.45, 7) is 11.7. The summed E-state index contributed by atoms with van der Waals surface area (Å²) in [6.07, 6.45) is -3.10. The van der Waals surface area contributed by atoms with Gasteiger partial charge in [0.05, 0.1) is 6.10 Å². The molecule has 29 heavy (non-hydrogen) atoms. The van der Waals surface area contributed by atoms with Crippen LogP contribution in [0.2, 0.25) is 0 Å². The predicted octanol–water partition coefficient (Wildman–Crippen LogP) is 3.28. The molecule has 160 valence electrons. The maximum Gasteiger partial charge on any atom is 0.434 e. The first kappa shape index (κ1) is 22.5. The maximum atomic E-state index is 12.0. The van der Waals surface area contributed by atoms with Crippen molar-refractivity contribution in [1.29, 1.82) is 0 Å². The van der Waals surface area contributed by atoms with Gasteiger partial charge in [0, 0.05) is 35.5 Å². The van der Waals surface area contributed by atoms with Crippen molar-refractivity contribution in [2.45, 2.75) is 58.7 Å². The zero-order chi connectivity index (χ0) is 22.1. The number of amides is 2. The second kappa shape index (κ2) is 7.90. The number of aliphatic hydroxyl groups is 1. The Labute approximate surface area is 170 Å². The van der Waals surface area contributed by atoms with Crippen molar-refractivity contribution in [3.8, 4) is 0 Å². The molecule has 0 unspecified atom stereocenters. The molecule has 1 saturated heterocycles. The first-order chi connectivity index (χ1) is 13.2. The predicted molar refractivity (Wildman–Crippen MR) is 112 cm³/mol. The van der Waals surface area contributed by atoms with Gasteiger partial charge in [-0.1, -0.05) is 0 Å². The van der Waals surface area contributed by atoms with Crippen LogP contribution in [0.1, 0.15) is 41.5 Å². The van der Waals surface area contributed by atoms with Crippen LogP contribution >= 0.6 is 0 Å². The lowest BCUT2D eigenvalue weighted by Crippen LogP contribution is -2.60. The van der Waals surface area contributed by atoms with E-state index in [-0.39, 0.29) is 12.1 Å². The number of benzene rings is 1. The molecule has 0 saturated carbocycles. The smallest absolute Gasteiger partial charge is 0.434 e. The van der Waals surface area contributed by atoms with Crippen LogP contribution in [0.4, 0.5) is 21.0 Å². The lowest BCUT2D eigenvalue weighted by Gasteiger charge is -2.44. The highest BCUT2D eigenvalue weighted by atomic mass is 16.4. The number of aliphatic imine (C=N–C) groups is 1. The quantitative estimate of drug-likeness (QED) is 0.510. The van der Waals surface area contributed by atoms with Gasteiger partial charge in [-0.05, 0) is 65.8 Å². The number of β-amino-alcohol motifs (C(OH)–C–C–N with tert-alkyl or cyclic N) is 1. The minimum atomic E-state index is -1.48. The van der Waals surface area contributed by atoms with Crippen molar-refractivity contribution in [3.05, 3.63) is 24.3 Å². The summed E-state index contributed by atoms with van der Waals surface area (Å²) >= 11 is 0. The highest BCUT2D eigenvalue weighted by molar-refractivity contribution is 6.08. The zero-order valence-corrected chi connectivity index (χ0v) is 17.7. The standard InChI is InChI=1S/C20H30N4O5/c1-19(2,3)23(14-9-7-13(8-10-14)22-11-15(25)12-22)16(21-17(26)27)24(18(28)29)20(4,5)6/h7-10,15,25H,11-12H2,1-6H3,(H,26,27)(H,28,29). The average Bonchev–Trinajstić information content (AvgIpc) is 2.49. The highest BCUT2D eigenvalue weighted by Crippen LogP contribution is 2.31. The van der Waals surface area contributed by atoms with E-state index in [2.05, 4.69) is 4.99 Å². The van der Waals surface area contributed by atoms with Crippen molar-refractivity contribution < 1.29 is 24.9 Å². The van der Waals surface area contributed by atoms with E-state index in [0.717, 1.165) is 10.6 Å². The molecule has 0 spiro atoms. The molecule has 0 radical (unpaired) electrons. The summed E-state index contributed by atoms with van der Waals surface area (Å²) in [5.41, 5.74) is -0.0488. The third-order valence-electron chi connectivity index (χ3n) is 4.46. The molecule has 1 fully saturated rings. The molecule has 0 aliphatic carbocycles. The number of hydrogen-bond acceptors (Lipinski definition) is 4. The molecule has 1 heterocycles. The number of anilines is 2. The fraction of sp³-hybridized carbons (Fsp3) is 0.550. The van der Waals surface area contributed by atoms with Crippen LogP contribution in [0.3, 0.4) is 0 Å².